The Morgan fingerprint density at radius 1 is 1.25 bits per heavy atom. The van der Waals surface area contributed by atoms with Crippen LogP contribution in [-0.2, 0) is 13.1 Å². The Hall–Kier alpha value is -1.90. The molecule has 0 radical (unpaired) electrons. The molecule has 1 saturated heterocycles. The molecule has 0 amide bonds. The fraction of sp³-hybridized carbons (Fsp3) is 0.467. The monoisotopic (exact) mass is 269 g/mol. The van der Waals surface area contributed by atoms with E-state index in [1.165, 1.54) is 0 Å². The Bertz CT molecular complexity index is 619. The summed E-state index contributed by atoms with van der Waals surface area (Å²) in [5.74, 6) is 1.07. The molecule has 0 atom stereocenters. The predicted octanol–water partition coefficient (Wildman–Crippen LogP) is 1.36. The van der Waals surface area contributed by atoms with Crippen LogP contribution in [0.1, 0.15) is 12.2 Å². The molecule has 1 aliphatic rings. The van der Waals surface area contributed by atoms with E-state index in [2.05, 4.69) is 26.9 Å². The lowest BCUT2D eigenvalue weighted by Crippen LogP contribution is -2.43. The van der Waals surface area contributed by atoms with Gasteiger partial charge >= 0.3 is 0 Å². The van der Waals surface area contributed by atoms with Gasteiger partial charge < -0.3 is 9.88 Å². The van der Waals surface area contributed by atoms with Crippen LogP contribution in [0, 0.1) is 11.3 Å². The van der Waals surface area contributed by atoms with E-state index in [0.29, 0.717) is 6.42 Å². The number of fused-ring (bicyclic) bond motifs is 1. The van der Waals surface area contributed by atoms with Crippen LogP contribution in [0.15, 0.2) is 24.3 Å². The molecule has 2 heterocycles. The fourth-order valence-electron chi connectivity index (χ4n) is 2.73. The van der Waals surface area contributed by atoms with E-state index in [1.807, 2.05) is 18.2 Å². The quantitative estimate of drug-likeness (QED) is 0.910. The molecule has 1 aromatic heterocycles. The molecule has 2 aromatic rings. The van der Waals surface area contributed by atoms with E-state index in [1.54, 1.807) is 0 Å². The smallest absolute Gasteiger partial charge is 0.124 e. The molecular formula is C15H19N5. The summed E-state index contributed by atoms with van der Waals surface area (Å²) in [5, 5.41) is 12.2. The van der Waals surface area contributed by atoms with Crippen LogP contribution in [-0.4, -0.2) is 40.6 Å². The van der Waals surface area contributed by atoms with E-state index in [9.17, 15) is 0 Å². The largest absolute Gasteiger partial charge is 0.326 e. The number of para-hydroxylation sites is 2. The average molecular weight is 269 g/mol. The van der Waals surface area contributed by atoms with Gasteiger partial charge in [-0.05, 0) is 12.1 Å². The number of rotatable bonds is 4. The highest BCUT2D eigenvalue weighted by atomic mass is 15.2. The first kappa shape index (κ1) is 13.1. The number of piperazine rings is 1. The molecule has 0 aliphatic carbocycles. The van der Waals surface area contributed by atoms with Gasteiger partial charge in [0.15, 0.2) is 0 Å². The van der Waals surface area contributed by atoms with Gasteiger partial charge in [-0.2, -0.15) is 5.26 Å². The highest BCUT2D eigenvalue weighted by molar-refractivity contribution is 5.75. The van der Waals surface area contributed by atoms with Crippen molar-refractivity contribution in [2.24, 2.45) is 0 Å². The van der Waals surface area contributed by atoms with Crippen LogP contribution < -0.4 is 5.32 Å². The molecule has 5 nitrogen and oxygen atoms in total. The summed E-state index contributed by atoms with van der Waals surface area (Å²) < 4.78 is 2.20. The molecule has 0 unspecified atom stereocenters. The Labute approximate surface area is 118 Å². The molecule has 5 heteroatoms. The summed E-state index contributed by atoms with van der Waals surface area (Å²) in [6, 6.07) is 10.4. The summed E-state index contributed by atoms with van der Waals surface area (Å²) in [5.41, 5.74) is 2.16. The van der Waals surface area contributed by atoms with Crippen molar-refractivity contribution in [2.45, 2.75) is 19.5 Å². The minimum atomic E-state index is 0.523. The lowest BCUT2D eigenvalue weighted by Gasteiger charge is -2.26. The number of aromatic nitrogens is 2. The van der Waals surface area contributed by atoms with Crippen molar-refractivity contribution in [2.75, 3.05) is 26.2 Å². The van der Waals surface area contributed by atoms with Crippen molar-refractivity contribution in [1.29, 1.82) is 5.26 Å². The lowest BCUT2D eigenvalue weighted by atomic mass is 10.3. The van der Waals surface area contributed by atoms with Crippen molar-refractivity contribution < 1.29 is 0 Å². The maximum absolute atomic E-state index is 8.85. The Balaban J connectivity index is 1.89. The number of nitrogens with one attached hydrogen (secondary N) is 1. The molecular weight excluding hydrogens is 250 g/mol. The van der Waals surface area contributed by atoms with E-state index >= 15 is 0 Å². The first-order chi connectivity index (χ1) is 9.88. The van der Waals surface area contributed by atoms with Gasteiger partial charge in [0, 0.05) is 32.7 Å². The molecule has 1 fully saturated rings. The predicted molar refractivity (Wildman–Crippen MR) is 78.1 cm³/mol. The topological polar surface area (TPSA) is 56.9 Å². The number of hydrogen-bond acceptors (Lipinski definition) is 4. The molecule has 104 valence electrons. The Morgan fingerprint density at radius 3 is 2.85 bits per heavy atom. The van der Waals surface area contributed by atoms with Gasteiger partial charge in [-0.25, -0.2) is 4.98 Å². The van der Waals surface area contributed by atoms with Crippen molar-refractivity contribution in [3.05, 3.63) is 30.1 Å². The molecule has 0 saturated carbocycles. The second kappa shape index (κ2) is 6.04. The van der Waals surface area contributed by atoms with Crippen molar-refractivity contribution in [3.63, 3.8) is 0 Å². The van der Waals surface area contributed by atoms with Crippen LogP contribution in [0.4, 0.5) is 0 Å². The van der Waals surface area contributed by atoms with Crippen LogP contribution in [0.3, 0.4) is 0 Å². The van der Waals surface area contributed by atoms with Gasteiger partial charge in [0.2, 0.25) is 0 Å². The summed E-state index contributed by atoms with van der Waals surface area (Å²) in [6.45, 7) is 5.78. The second-order valence-corrected chi connectivity index (χ2v) is 5.10. The summed E-state index contributed by atoms with van der Waals surface area (Å²) in [7, 11) is 0. The van der Waals surface area contributed by atoms with Crippen molar-refractivity contribution in [1.82, 2.24) is 19.8 Å². The van der Waals surface area contributed by atoms with Crippen LogP contribution in [0.5, 0.6) is 0 Å². The minimum absolute atomic E-state index is 0.523. The number of benzene rings is 1. The van der Waals surface area contributed by atoms with Gasteiger partial charge in [0.05, 0.1) is 30.1 Å². The summed E-state index contributed by atoms with van der Waals surface area (Å²) >= 11 is 0. The third-order valence-electron chi connectivity index (χ3n) is 3.76. The van der Waals surface area contributed by atoms with Crippen LogP contribution >= 0.6 is 0 Å². The number of nitrogens with zero attached hydrogens (tertiary/aromatic N) is 4. The standard InChI is InChI=1S/C15H19N5/c16-6-3-9-20-14-5-2-1-4-13(14)18-15(20)12-19-10-7-17-8-11-19/h1-2,4-5,17H,3,7-12H2. The maximum Gasteiger partial charge on any atom is 0.124 e. The van der Waals surface area contributed by atoms with E-state index < -0.39 is 0 Å². The Kier molecular flexibility index (Phi) is 3.95. The fourth-order valence-corrected chi connectivity index (χ4v) is 2.73. The van der Waals surface area contributed by atoms with E-state index in [-0.39, 0.29) is 0 Å². The summed E-state index contributed by atoms with van der Waals surface area (Å²) in [6.07, 6.45) is 0.523. The first-order valence-corrected chi connectivity index (χ1v) is 7.12. The zero-order chi connectivity index (χ0) is 13.8. The highest BCUT2D eigenvalue weighted by Gasteiger charge is 2.15. The minimum Gasteiger partial charge on any atom is -0.326 e. The van der Waals surface area contributed by atoms with Gasteiger partial charge in [-0.1, -0.05) is 12.1 Å². The second-order valence-electron chi connectivity index (χ2n) is 5.10. The van der Waals surface area contributed by atoms with Gasteiger partial charge in [-0.15, -0.1) is 0 Å². The molecule has 0 spiro atoms. The average Bonchev–Trinajstić information content (AvgIpc) is 2.83. The summed E-state index contributed by atoms with van der Waals surface area (Å²) in [4.78, 5) is 7.17. The maximum atomic E-state index is 8.85. The number of aryl methyl sites for hydroxylation is 1. The first-order valence-electron chi connectivity index (χ1n) is 7.12. The van der Waals surface area contributed by atoms with Gasteiger partial charge in [-0.3, -0.25) is 4.90 Å². The molecule has 1 aromatic carbocycles. The van der Waals surface area contributed by atoms with Gasteiger partial charge in [0.25, 0.3) is 0 Å². The number of nitriles is 1. The Morgan fingerprint density at radius 2 is 2.05 bits per heavy atom. The van der Waals surface area contributed by atoms with Crippen molar-refractivity contribution >= 4 is 11.0 Å². The zero-order valence-electron chi connectivity index (χ0n) is 11.5. The number of imidazole rings is 1. The van der Waals surface area contributed by atoms with Crippen molar-refractivity contribution in [3.8, 4) is 6.07 Å². The third-order valence-corrected chi connectivity index (χ3v) is 3.76. The highest BCUT2D eigenvalue weighted by Crippen LogP contribution is 2.18. The van der Waals surface area contributed by atoms with Crippen LogP contribution in [0.25, 0.3) is 11.0 Å². The molecule has 3 rings (SSSR count). The van der Waals surface area contributed by atoms with E-state index in [4.69, 9.17) is 10.2 Å². The molecule has 0 bridgehead atoms. The number of hydrogen-bond donors (Lipinski definition) is 1. The molecule has 20 heavy (non-hydrogen) atoms. The van der Waals surface area contributed by atoms with Gasteiger partial charge in [0.1, 0.15) is 5.82 Å². The normalized spacial score (nSPS) is 16.4. The molecule has 1 N–H and O–H groups in total. The van der Waals surface area contributed by atoms with Crippen LogP contribution in [0.2, 0.25) is 0 Å². The van der Waals surface area contributed by atoms with E-state index in [0.717, 1.165) is 56.1 Å². The third kappa shape index (κ3) is 2.67. The SMILES string of the molecule is N#CCCn1c(CN2CCNCC2)nc2ccccc21. The lowest BCUT2D eigenvalue weighted by molar-refractivity contribution is 0.225. The molecule has 1 aliphatic heterocycles. The zero-order valence-corrected chi connectivity index (χ0v) is 11.5.